The molecule has 0 spiro atoms. The summed E-state index contributed by atoms with van der Waals surface area (Å²) in [6, 6.07) is -1.27. The third kappa shape index (κ3) is 15.0. The van der Waals surface area contributed by atoms with Crippen molar-refractivity contribution in [3.63, 3.8) is 0 Å². The van der Waals surface area contributed by atoms with E-state index in [2.05, 4.69) is 40.0 Å². The largest absolute Gasteiger partial charge is 0.444 e. The molecular formula is C53H93N7O10. The molecule has 2 bridgehead atoms. The second-order valence-corrected chi connectivity index (χ2v) is 24.7. The highest BCUT2D eigenvalue weighted by atomic mass is 16.7. The number of aliphatic hydroxyl groups excluding tert-OH is 2. The number of alkyl carbamates (subject to hydrolysis) is 2. The van der Waals surface area contributed by atoms with Crippen LogP contribution >= 0.6 is 0 Å². The Morgan fingerprint density at radius 2 is 1.47 bits per heavy atom. The lowest BCUT2D eigenvalue weighted by Gasteiger charge is -2.55. The minimum absolute atomic E-state index is 0.00850. The summed E-state index contributed by atoms with van der Waals surface area (Å²) in [5.41, 5.74) is -1.64. The number of ether oxygens (including phenoxy) is 3. The van der Waals surface area contributed by atoms with Gasteiger partial charge in [0.1, 0.15) is 23.3 Å². The Morgan fingerprint density at radius 3 is 2.03 bits per heavy atom. The second-order valence-electron chi connectivity index (χ2n) is 24.7. The maximum Gasteiger partial charge on any atom is 0.414 e. The zero-order valence-electron chi connectivity index (χ0n) is 44.8. The molecule has 7 aliphatic rings. The van der Waals surface area contributed by atoms with Crippen molar-refractivity contribution in [2.24, 2.45) is 64.2 Å². The molecule has 6 N–H and O–H groups in total. The standard InChI is InChI=1S/C53H93N7O10/c1-30-35-25-41(30)31(2)42(26-35)56-48(64)45-44(32(3)62)43(29-61)70-60(45)27-34-19-16-20-40(46(34)67-12)36-22-37(47(63)54-39(28-59(10)11)21-33-17-14-13-15-18-33)24-38(23-36)55-49(57-50(65)68-52(4,5)6)58-51(66)69-53(7,8)9/h30-46,61-62H,13-29H2,1-12H3,(H,54,63)(H,56,64)(H2,55,57,58,65,66)/t30?,31-,32-,34?,35+,36?,37?,38?,39-,40?,41+,42-,43-,44+,45-,46?/m0/s1. The first kappa shape index (κ1) is 56.2. The maximum atomic E-state index is 14.8. The lowest BCUT2D eigenvalue weighted by molar-refractivity contribution is -0.193. The molecule has 17 nitrogen and oxygen atoms in total. The Morgan fingerprint density at radius 1 is 0.814 bits per heavy atom. The fourth-order valence-corrected chi connectivity index (χ4v) is 13.6. The predicted octanol–water partition coefficient (Wildman–Crippen LogP) is 6.40. The zero-order chi connectivity index (χ0) is 51.2. The first-order chi connectivity index (χ1) is 32.9. The first-order valence-corrected chi connectivity index (χ1v) is 27.0. The van der Waals surface area contributed by atoms with Crippen LogP contribution in [-0.4, -0.2) is 145 Å². The van der Waals surface area contributed by atoms with E-state index >= 15 is 0 Å². The number of carbonyl (C=O) groups excluding carboxylic acids is 4. The van der Waals surface area contributed by atoms with Crippen molar-refractivity contribution in [2.75, 3.05) is 40.9 Å². The van der Waals surface area contributed by atoms with Gasteiger partial charge in [-0.3, -0.25) is 25.1 Å². The van der Waals surface area contributed by atoms with Crippen LogP contribution < -0.4 is 21.3 Å². The summed E-state index contributed by atoms with van der Waals surface area (Å²) in [6.45, 7) is 17.5. The smallest absolute Gasteiger partial charge is 0.414 e. The maximum absolute atomic E-state index is 14.8. The van der Waals surface area contributed by atoms with Gasteiger partial charge in [-0.2, -0.15) is 5.06 Å². The number of nitrogens with one attached hydrogen (secondary N) is 4. The predicted molar refractivity (Wildman–Crippen MR) is 268 cm³/mol. The van der Waals surface area contributed by atoms with Crippen molar-refractivity contribution < 1.29 is 48.4 Å². The molecule has 0 aromatic carbocycles. The van der Waals surface area contributed by atoms with Gasteiger partial charge < -0.3 is 40.0 Å². The van der Waals surface area contributed by atoms with Crippen molar-refractivity contribution in [2.45, 2.75) is 206 Å². The quantitative estimate of drug-likeness (QED) is 0.0778. The summed E-state index contributed by atoms with van der Waals surface area (Å²) in [5.74, 6) is 1.26. The molecular weight excluding hydrogens is 895 g/mol. The number of aliphatic imine (C=N–C) groups is 1. The molecule has 1 aliphatic heterocycles. The fourth-order valence-electron chi connectivity index (χ4n) is 13.6. The highest BCUT2D eigenvalue weighted by Gasteiger charge is 2.54. The Hall–Kier alpha value is -3.09. The van der Waals surface area contributed by atoms with E-state index in [9.17, 15) is 29.4 Å². The van der Waals surface area contributed by atoms with E-state index in [1.165, 1.54) is 38.5 Å². The molecule has 70 heavy (non-hydrogen) atoms. The molecule has 1 saturated heterocycles. The molecule has 7 rings (SSSR count). The molecule has 1 heterocycles. The number of rotatable bonds is 15. The Kier molecular flexibility index (Phi) is 19.5. The van der Waals surface area contributed by atoms with E-state index in [1.54, 1.807) is 60.6 Å². The topological polar surface area (TPSA) is 213 Å². The number of amides is 4. The van der Waals surface area contributed by atoms with E-state index in [0.717, 1.165) is 38.6 Å². The third-order valence-corrected chi connectivity index (χ3v) is 16.8. The number of nitrogens with zero attached hydrogens (tertiary/aromatic N) is 3. The van der Waals surface area contributed by atoms with E-state index in [1.807, 2.05) is 14.1 Å². The van der Waals surface area contributed by atoms with Crippen molar-refractivity contribution >= 4 is 30.0 Å². The molecule has 0 radical (unpaired) electrons. The lowest BCUT2D eigenvalue weighted by atomic mass is 9.52. The van der Waals surface area contributed by atoms with Crippen molar-refractivity contribution in [3.8, 4) is 0 Å². The van der Waals surface area contributed by atoms with Gasteiger partial charge in [0, 0.05) is 50.0 Å². The molecule has 400 valence electrons. The Balaban J connectivity index is 1.27. The molecule has 7 unspecified atom stereocenters. The SMILES string of the molecule is COC1C(CN2O[C@@H](CO)[C@@H]([C@H](C)O)[C@H]2C(=O)N[C@H]2C[C@H]3C[C@H](C3C)[C@@H]2C)CCCC1C1CC(N=C(NC(=O)OC(C)(C)C)NC(=O)OC(C)(C)C)CC(C(=O)N[C@@H](CC2CCCCC2)CN(C)C)C1. The molecule has 6 aliphatic carbocycles. The van der Waals surface area contributed by atoms with Crippen molar-refractivity contribution in [1.82, 2.24) is 31.2 Å². The number of fused-ring (bicyclic) bond motifs is 2. The van der Waals surface area contributed by atoms with Crippen LogP contribution in [0.25, 0.3) is 0 Å². The molecule has 0 aromatic heterocycles. The number of aliphatic hydroxyl groups is 2. The van der Waals surface area contributed by atoms with Crippen LogP contribution in [0.5, 0.6) is 0 Å². The van der Waals surface area contributed by atoms with E-state index < -0.39 is 59.5 Å². The van der Waals surface area contributed by atoms with Crippen LogP contribution in [0.15, 0.2) is 4.99 Å². The highest BCUT2D eigenvalue weighted by molar-refractivity contribution is 6.01. The average Bonchev–Trinajstić information content (AvgIpc) is 3.63. The molecule has 17 heteroatoms. The number of guanidine groups is 1. The van der Waals surface area contributed by atoms with Gasteiger partial charge in [0.25, 0.3) is 0 Å². The average molecular weight is 988 g/mol. The van der Waals surface area contributed by atoms with Crippen LogP contribution in [0, 0.1) is 59.2 Å². The monoisotopic (exact) mass is 988 g/mol. The Bertz CT molecular complexity index is 1750. The molecule has 4 amide bonds. The van der Waals surface area contributed by atoms with Gasteiger partial charge in [-0.25, -0.2) is 14.6 Å². The number of likely N-dealkylation sites (N-methyl/N-ethyl adjacent to an activating group) is 1. The van der Waals surface area contributed by atoms with Crippen LogP contribution in [0.1, 0.15) is 152 Å². The molecule has 16 atom stereocenters. The van der Waals surface area contributed by atoms with E-state index in [0.29, 0.717) is 55.4 Å². The first-order valence-electron chi connectivity index (χ1n) is 27.0. The van der Waals surface area contributed by atoms with Crippen LogP contribution in [0.3, 0.4) is 0 Å². The van der Waals surface area contributed by atoms with Gasteiger partial charge in [0.2, 0.25) is 17.8 Å². The molecule has 7 fully saturated rings. The van der Waals surface area contributed by atoms with E-state index in [-0.39, 0.29) is 60.3 Å². The second kappa shape index (κ2) is 24.3. The number of carbonyl (C=O) groups is 4. The fraction of sp³-hybridized carbons (Fsp3) is 0.906. The van der Waals surface area contributed by atoms with Crippen molar-refractivity contribution in [1.29, 1.82) is 0 Å². The summed E-state index contributed by atoms with van der Waals surface area (Å²) >= 11 is 0. The zero-order valence-corrected chi connectivity index (χ0v) is 44.8. The normalized spacial score (nSPS) is 34.9. The summed E-state index contributed by atoms with van der Waals surface area (Å²) in [7, 11) is 5.81. The highest BCUT2D eigenvalue weighted by Crippen LogP contribution is 2.53. The summed E-state index contributed by atoms with van der Waals surface area (Å²) in [4.78, 5) is 69.4. The summed E-state index contributed by atoms with van der Waals surface area (Å²) < 4.78 is 17.7. The summed E-state index contributed by atoms with van der Waals surface area (Å²) in [6.07, 6.45) is 9.69. The van der Waals surface area contributed by atoms with E-state index in [4.69, 9.17) is 24.0 Å². The molecule has 6 saturated carbocycles. The van der Waals surface area contributed by atoms with Gasteiger partial charge in [0.15, 0.2) is 0 Å². The van der Waals surface area contributed by atoms with Gasteiger partial charge in [-0.15, -0.1) is 0 Å². The number of methoxy groups -OCH3 is 1. The minimum atomic E-state index is -0.908. The van der Waals surface area contributed by atoms with Gasteiger partial charge in [-0.1, -0.05) is 52.4 Å². The van der Waals surface area contributed by atoms with Crippen LogP contribution in [0.4, 0.5) is 9.59 Å². The minimum Gasteiger partial charge on any atom is -0.444 e. The van der Waals surface area contributed by atoms with Crippen molar-refractivity contribution in [3.05, 3.63) is 0 Å². The van der Waals surface area contributed by atoms with Gasteiger partial charge >= 0.3 is 12.2 Å². The number of hydrogen-bond acceptors (Lipinski definition) is 13. The van der Waals surface area contributed by atoms with Crippen LogP contribution in [0.2, 0.25) is 0 Å². The molecule has 0 aromatic rings. The lowest BCUT2D eigenvalue weighted by Crippen LogP contribution is -2.59. The van der Waals surface area contributed by atoms with Crippen LogP contribution in [-0.2, 0) is 28.6 Å². The van der Waals surface area contributed by atoms with Gasteiger partial charge in [-0.05, 0) is 155 Å². The van der Waals surface area contributed by atoms with Gasteiger partial charge in [0.05, 0.1) is 24.9 Å². The number of hydrogen-bond donors (Lipinski definition) is 6. The number of hydroxylamine groups is 2. The third-order valence-electron chi connectivity index (χ3n) is 16.8. The Labute approximate surface area is 419 Å². The summed E-state index contributed by atoms with van der Waals surface area (Å²) in [5, 5.41) is 35.7.